The van der Waals surface area contributed by atoms with Crippen molar-refractivity contribution in [1.29, 1.82) is 0 Å². The lowest BCUT2D eigenvalue weighted by molar-refractivity contribution is 0.580. The van der Waals surface area contributed by atoms with Crippen molar-refractivity contribution in [2.45, 2.75) is 51.5 Å². The minimum Gasteiger partial charge on any atom is -0.313 e. The fraction of sp³-hybridized carbons (Fsp3) is 0.600. The molecule has 1 rings (SSSR count). The molecule has 5 heteroatoms. The third-order valence-electron chi connectivity index (χ3n) is 3.15. The van der Waals surface area contributed by atoms with E-state index in [0.717, 1.165) is 31.4 Å². The molecule has 0 unspecified atom stereocenters. The molecule has 0 aliphatic heterocycles. The molecule has 0 radical (unpaired) electrons. The second kappa shape index (κ2) is 8.39. The molecular weight excluding hydrogens is 272 g/mol. The van der Waals surface area contributed by atoms with Crippen LogP contribution in [-0.4, -0.2) is 21.5 Å². The van der Waals surface area contributed by atoms with Crippen LogP contribution in [-0.2, 0) is 23.0 Å². The Balaban J connectivity index is 2.96. The molecule has 0 aromatic heterocycles. The van der Waals surface area contributed by atoms with E-state index >= 15 is 0 Å². The van der Waals surface area contributed by atoms with Crippen LogP contribution in [0.1, 0.15) is 44.7 Å². The Labute approximate surface area is 123 Å². The Morgan fingerprint density at radius 3 is 2.30 bits per heavy atom. The summed E-state index contributed by atoms with van der Waals surface area (Å²) < 4.78 is 26.9. The van der Waals surface area contributed by atoms with Crippen LogP contribution in [0.3, 0.4) is 0 Å². The van der Waals surface area contributed by atoms with Crippen LogP contribution in [0.2, 0.25) is 0 Å². The molecule has 0 aliphatic rings. The third kappa shape index (κ3) is 4.89. The van der Waals surface area contributed by atoms with Crippen molar-refractivity contribution >= 4 is 10.0 Å². The zero-order valence-electron chi connectivity index (χ0n) is 12.7. The van der Waals surface area contributed by atoms with Crippen molar-refractivity contribution in [3.8, 4) is 0 Å². The molecule has 0 aliphatic carbocycles. The summed E-state index contributed by atoms with van der Waals surface area (Å²) in [5, 5.41) is 3.33. The molecule has 0 amide bonds. The Hall–Kier alpha value is -0.910. The van der Waals surface area contributed by atoms with Gasteiger partial charge in [0.1, 0.15) is 0 Å². The fourth-order valence-corrected chi connectivity index (χ4v) is 3.18. The van der Waals surface area contributed by atoms with Gasteiger partial charge < -0.3 is 5.32 Å². The summed E-state index contributed by atoms with van der Waals surface area (Å²) in [6.07, 6.45) is 2.76. The lowest BCUT2D eigenvalue weighted by atomic mass is 10.1. The maximum absolute atomic E-state index is 12.1. The number of benzene rings is 1. The zero-order valence-corrected chi connectivity index (χ0v) is 13.5. The number of sulfonamides is 1. The van der Waals surface area contributed by atoms with Crippen LogP contribution in [0, 0.1) is 0 Å². The van der Waals surface area contributed by atoms with Gasteiger partial charge in [0.05, 0.1) is 4.90 Å². The zero-order chi connectivity index (χ0) is 15.0. The molecule has 0 atom stereocenters. The van der Waals surface area contributed by atoms with Crippen molar-refractivity contribution < 1.29 is 8.42 Å². The van der Waals surface area contributed by atoms with E-state index in [2.05, 4.69) is 23.9 Å². The summed E-state index contributed by atoms with van der Waals surface area (Å²) >= 11 is 0. The summed E-state index contributed by atoms with van der Waals surface area (Å²) in [5.41, 5.74) is 2.27. The van der Waals surface area contributed by atoms with Gasteiger partial charge in [0.25, 0.3) is 0 Å². The van der Waals surface area contributed by atoms with Gasteiger partial charge in [-0.05, 0) is 49.1 Å². The number of rotatable bonds is 9. The second-order valence-electron chi connectivity index (χ2n) is 4.86. The molecule has 4 nitrogen and oxygen atoms in total. The summed E-state index contributed by atoms with van der Waals surface area (Å²) in [7, 11) is -3.38. The highest BCUT2D eigenvalue weighted by molar-refractivity contribution is 7.89. The topological polar surface area (TPSA) is 58.2 Å². The van der Waals surface area contributed by atoms with Crippen LogP contribution in [0.25, 0.3) is 0 Å². The quantitative estimate of drug-likeness (QED) is 0.688. The second-order valence-corrected chi connectivity index (χ2v) is 6.63. The van der Waals surface area contributed by atoms with Gasteiger partial charge in [-0.1, -0.05) is 26.8 Å². The Morgan fingerprint density at radius 1 is 1.00 bits per heavy atom. The molecule has 1 aromatic rings. The van der Waals surface area contributed by atoms with E-state index in [-0.39, 0.29) is 0 Å². The van der Waals surface area contributed by atoms with Crippen LogP contribution in [0.15, 0.2) is 23.1 Å². The highest BCUT2D eigenvalue weighted by Gasteiger charge is 2.14. The maximum atomic E-state index is 12.1. The van der Waals surface area contributed by atoms with Crippen molar-refractivity contribution in [1.82, 2.24) is 10.0 Å². The molecule has 0 saturated carbocycles. The van der Waals surface area contributed by atoms with Gasteiger partial charge >= 0.3 is 0 Å². The molecule has 114 valence electrons. The summed E-state index contributed by atoms with van der Waals surface area (Å²) in [5.74, 6) is 0. The molecule has 0 saturated heterocycles. The van der Waals surface area contributed by atoms with E-state index in [4.69, 9.17) is 0 Å². The van der Waals surface area contributed by atoms with Crippen LogP contribution < -0.4 is 10.0 Å². The largest absolute Gasteiger partial charge is 0.313 e. The van der Waals surface area contributed by atoms with Crippen molar-refractivity contribution in [3.05, 3.63) is 29.3 Å². The Kier molecular flexibility index (Phi) is 7.19. The van der Waals surface area contributed by atoms with Gasteiger partial charge in [-0.15, -0.1) is 0 Å². The summed E-state index contributed by atoms with van der Waals surface area (Å²) in [6, 6.07) is 5.41. The monoisotopic (exact) mass is 298 g/mol. The van der Waals surface area contributed by atoms with Crippen molar-refractivity contribution in [2.24, 2.45) is 0 Å². The van der Waals surface area contributed by atoms with Gasteiger partial charge in [0, 0.05) is 13.1 Å². The third-order valence-corrected chi connectivity index (χ3v) is 4.61. The molecule has 0 bridgehead atoms. The van der Waals surface area contributed by atoms with E-state index in [1.807, 2.05) is 13.0 Å². The average molecular weight is 298 g/mol. The van der Waals surface area contributed by atoms with Crippen LogP contribution in [0.5, 0.6) is 0 Å². The molecule has 0 heterocycles. The van der Waals surface area contributed by atoms with Gasteiger partial charge in [-0.3, -0.25) is 0 Å². The predicted octanol–water partition coefficient (Wildman–Crippen LogP) is 2.44. The predicted molar refractivity (Wildman–Crippen MR) is 83.3 cm³/mol. The minimum atomic E-state index is -3.38. The minimum absolute atomic E-state index is 0.358. The van der Waals surface area contributed by atoms with Gasteiger partial charge in [-0.25, -0.2) is 13.1 Å². The number of aryl methyl sites for hydroxylation is 1. The summed E-state index contributed by atoms with van der Waals surface area (Å²) in [4.78, 5) is 0.358. The van der Waals surface area contributed by atoms with E-state index in [1.54, 1.807) is 12.1 Å². The number of hydrogen-bond donors (Lipinski definition) is 2. The smallest absolute Gasteiger partial charge is 0.240 e. The van der Waals surface area contributed by atoms with E-state index in [9.17, 15) is 8.42 Å². The lowest BCUT2D eigenvalue weighted by Crippen LogP contribution is -2.25. The van der Waals surface area contributed by atoms with Gasteiger partial charge in [-0.2, -0.15) is 0 Å². The lowest BCUT2D eigenvalue weighted by Gasteiger charge is -2.12. The first-order chi connectivity index (χ1) is 9.55. The first-order valence-electron chi connectivity index (χ1n) is 7.37. The number of nitrogens with one attached hydrogen (secondary N) is 2. The highest BCUT2D eigenvalue weighted by Crippen LogP contribution is 2.17. The highest BCUT2D eigenvalue weighted by atomic mass is 32.2. The molecule has 1 aromatic carbocycles. The standard InChI is InChI=1S/C15H26N2O2S/c1-4-9-16-12-14-11-15(8-7-13(14)6-3)20(18,19)17-10-5-2/h7-8,11,16-17H,4-6,9-10,12H2,1-3H3. The maximum Gasteiger partial charge on any atom is 0.240 e. The van der Waals surface area contributed by atoms with E-state index < -0.39 is 10.0 Å². The van der Waals surface area contributed by atoms with Crippen LogP contribution >= 0.6 is 0 Å². The van der Waals surface area contributed by atoms with Gasteiger partial charge in [0.15, 0.2) is 0 Å². The first kappa shape index (κ1) is 17.1. The molecule has 20 heavy (non-hydrogen) atoms. The van der Waals surface area contributed by atoms with Crippen molar-refractivity contribution in [3.63, 3.8) is 0 Å². The average Bonchev–Trinajstić information content (AvgIpc) is 2.45. The van der Waals surface area contributed by atoms with Crippen LogP contribution in [0.4, 0.5) is 0 Å². The Bertz CT molecular complexity index is 513. The van der Waals surface area contributed by atoms with Crippen molar-refractivity contribution in [2.75, 3.05) is 13.1 Å². The summed E-state index contributed by atoms with van der Waals surface area (Å²) in [6.45, 7) is 8.28. The SMILES string of the molecule is CCCNCc1cc(S(=O)(=O)NCCC)ccc1CC. The first-order valence-corrected chi connectivity index (χ1v) is 8.85. The van der Waals surface area contributed by atoms with Gasteiger partial charge in [0.2, 0.25) is 10.0 Å². The normalized spacial score (nSPS) is 11.8. The molecule has 0 fully saturated rings. The van der Waals surface area contributed by atoms with E-state index in [0.29, 0.717) is 18.0 Å². The van der Waals surface area contributed by atoms with E-state index in [1.165, 1.54) is 5.56 Å². The number of hydrogen-bond acceptors (Lipinski definition) is 3. The molecular formula is C15H26N2O2S. The molecule has 0 spiro atoms. The fourth-order valence-electron chi connectivity index (χ4n) is 2.00. The Morgan fingerprint density at radius 2 is 1.70 bits per heavy atom. The molecule has 2 N–H and O–H groups in total.